The lowest BCUT2D eigenvalue weighted by Gasteiger charge is -2.43. The van der Waals surface area contributed by atoms with Crippen LogP contribution in [-0.4, -0.2) is 82.5 Å². The number of phenolic OH excluding ortho intramolecular Hbond substituents is 1. The van der Waals surface area contributed by atoms with Gasteiger partial charge in [-0.3, -0.25) is 14.5 Å². The minimum absolute atomic E-state index is 0.0516. The van der Waals surface area contributed by atoms with Gasteiger partial charge in [-0.15, -0.1) is 11.3 Å². The first kappa shape index (κ1) is 38.0. The zero-order chi connectivity index (χ0) is 38.1. The summed E-state index contributed by atoms with van der Waals surface area (Å²) in [5.74, 6) is 0.718. The Bertz CT molecular complexity index is 2130. The van der Waals surface area contributed by atoms with Gasteiger partial charge in [0.1, 0.15) is 34.9 Å². The standard InChI is InChI=1S/C41H46N6O7S/c48-33-13-11-30(31-12-14-36(50)45-39(31)33)34(49)22-42-17-4-5-18-43-40(51)32-25-55-37(44-32)24-53-29-10-6-9-28(21-29)38(27-7-2-1-3-8-27)46-41(52)54-35-23-47-19-15-26(35)16-20-47/h1-3,6-14,21,25-26,34-35,38,42,48-49H,4-5,15-20,22-24H2,(H,43,51)(H,45,50)(H,46,52). The van der Waals surface area contributed by atoms with Crippen LogP contribution in [0.5, 0.6) is 11.5 Å². The molecule has 3 saturated heterocycles. The van der Waals surface area contributed by atoms with Crippen LogP contribution in [-0.2, 0) is 11.3 Å². The van der Waals surface area contributed by atoms with E-state index in [0.717, 1.165) is 56.4 Å². The van der Waals surface area contributed by atoms with Crippen LogP contribution in [0.2, 0.25) is 0 Å². The molecular formula is C41H46N6O7S. The largest absolute Gasteiger partial charge is 0.506 e. The van der Waals surface area contributed by atoms with Gasteiger partial charge in [-0.2, -0.15) is 0 Å². The number of nitrogens with zero attached hydrogens (tertiary/aromatic N) is 2. The maximum Gasteiger partial charge on any atom is 0.408 e. The van der Waals surface area contributed by atoms with Crippen LogP contribution < -0.4 is 26.2 Å². The first-order valence-corrected chi connectivity index (χ1v) is 19.6. The highest BCUT2D eigenvalue weighted by Gasteiger charge is 2.37. The predicted molar refractivity (Wildman–Crippen MR) is 209 cm³/mol. The second kappa shape index (κ2) is 17.9. The molecule has 3 fully saturated rings. The van der Waals surface area contributed by atoms with Crippen molar-refractivity contribution in [2.75, 3.05) is 39.3 Å². The number of hydrogen-bond acceptors (Lipinski definition) is 11. The van der Waals surface area contributed by atoms with E-state index in [1.165, 1.54) is 23.5 Å². The fourth-order valence-corrected chi connectivity index (χ4v) is 8.00. The van der Waals surface area contributed by atoms with E-state index in [0.29, 0.717) is 51.9 Å². The van der Waals surface area contributed by atoms with Gasteiger partial charge in [-0.05, 0) is 92.2 Å². The Hall–Kier alpha value is -5.28. The second-order valence-electron chi connectivity index (χ2n) is 14.0. The van der Waals surface area contributed by atoms with Crippen LogP contribution in [0.3, 0.4) is 0 Å². The van der Waals surface area contributed by atoms with Crippen molar-refractivity contribution in [3.63, 3.8) is 0 Å². The fourth-order valence-electron chi connectivity index (χ4n) is 7.31. The number of carbonyl (C=O) groups is 2. The molecule has 8 rings (SSSR count). The number of benzene rings is 3. The van der Waals surface area contributed by atoms with E-state index in [4.69, 9.17) is 9.47 Å². The van der Waals surface area contributed by atoms with Crippen molar-refractivity contribution in [1.29, 1.82) is 0 Å². The van der Waals surface area contributed by atoms with Crippen LogP contribution in [0.4, 0.5) is 4.79 Å². The zero-order valence-corrected chi connectivity index (χ0v) is 31.2. The van der Waals surface area contributed by atoms with Crippen molar-refractivity contribution in [3.05, 3.63) is 122 Å². The number of amides is 2. The number of rotatable bonds is 16. The molecule has 0 aliphatic carbocycles. The number of ether oxygens (including phenoxy) is 2. The van der Waals surface area contributed by atoms with Gasteiger partial charge in [0.25, 0.3) is 5.91 Å². The van der Waals surface area contributed by atoms with E-state index in [1.54, 1.807) is 17.5 Å². The van der Waals surface area contributed by atoms with Crippen LogP contribution in [0, 0.1) is 5.92 Å². The summed E-state index contributed by atoms with van der Waals surface area (Å²) in [6.07, 6.45) is 2.27. The van der Waals surface area contributed by atoms with Crippen molar-refractivity contribution >= 4 is 34.2 Å². The van der Waals surface area contributed by atoms with E-state index < -0.39 is 18.2 Å². The van der Waals surface area contributed by atoms with Gasteiger partial charge >= 0.3 is 6.09 Å². The lowest BCUT2D eigenvalue weighted by atomic mass is 9.86. The summed E-state index contributed by atoms with van der Waals surface area (Å²) in [4.78, 5) is 47.1. The molecule has 3 aliphatic heterocycles. The molecule has 288 valence electrons. The van der Waals surface area contributed by atoms with E-state index >= 15 is 0 Å². The third-order valence-electron chi connectivity index (χ3n) is 10.3. The minimum Gasteiger partial charge on any atom is -0.506 e. The summed E-state index contributed by atoms with van der Waals surface area (Å²) < 4.78 is 12.1. The maximum absolute atomic E-state index is 13.2. The maximum atomic E-state index is 13.2. The average Bonchev–Trinajstić information content (AvgIpc) is 3.69. The van der Waals surface area contributed by atoms with Crippen LogP contribution >= 0.6 is 11.3 Å². The van der Waals surface area contributed by atoms with Crippen molar-refractivity contribution in [3.8, 4) is 11.5 Å². The van der Waals surface area contributed by atoms with Gasteiger partial charge in [-0.25, -0.2) is 9.78 Å². The topological polar surface area (TPSA) is 178 Å². The summed E-state index contributed by atoms with van der Waals surface area (Å²) in [5.41, 5.74) is 2.68. The molecule has 0 spiro atoms. The molecule has 6 N–H and O–H groups in total. The highest BCUT2D eigenvalue weighted by atomic mass is 32.1. The van der Waals surface area contributed by atoms with Crippen LogP contribution in [0.15, 0.2) is 89.0 Å². The van der Waals surface area contributed by atoms with Gasteiger partial charge in [-0.1, -0.05) is 48.5 Å². The highest BCUT2D eigenvalue weighted by Crippen LogP contribution is 2.31. The summed E-state index contributed by atoms with van der Waals surface area (Å²) >= 11 is 1.35. The number of nitrogens with one attached hydrogen (secondary N) is 4. The second-order valence-corrected chi connectivity index (χ2v) is 15.0. The number of fused-ring (bicyclic) bond motifs is 4. The molecule has 3 atom stereocenters. The number of aromatic amines is 1. The molecule has 5 heterocycles. The Balaban J connectivity index is 0.849. The number of phenols is 1. The Morgan fingerprint density at radius 3 is 2.58 bits per heavy atom. The number of H-pyrrole nitrogens is 1. The van der Waals surface area contributed by atoms with Gasteiger partial charge in [0, 0.05) is 36.5 Å². The Kier molecular flexibility index (Phi) is 12.4. The molecule has 14 heteroatoms. The molecule has 3 aromatic carbocycles. The molecule has 55 heavy (non-hydrogen) atoms. The van der Waals surface area contributed by atoms with E-state index in [1.807, 2.05) is 54.6 Å². The van der Waals surface area contributed by atoms with Gasteiger partial charge in [0.2, 0.25) is 5.56 Å². The number of carbonyl (C=O) groups excluding carboxylic acids is 2. The summed E-state index contributed by atoms with van der Waals surface area (Å²) in [5, 5.41) is 33.0. The minimum atomic E-state index is -0.834. The Labute approximate surface area is 322 Å². The number of aromatic hydroxyl groups is 1. The molecule has 2 bridgehead atoms. The first-order chi connectivity index (χ1) is 26.8. The molecule has 13 nitrogen and oxygen atoms in total. The van der Waals surface area contributed by atoms with Crippen LogP contribution in [0.25, 0.3) is 10.9 Å². The third-order valence-corrected chi connectivity index (χ3v) is 11.1. The SMILES string of the molecule is O=C(NC(c1ccccc1)c1cccc(OCc2nc(C(=O)NCCCCNCC(O)c3ccc(O)c4[nH]c(=O)ccc34)cs2)c1)OC1CN2CCC1CC2. The average molecular weight is 767 g/mol. The van der Waals surface area contributed by atoms with Crippen molar-refractivity contribution in [2.45, 2.75) is 50.5 Å². The monoisotopic (exact) mass is 766 g/mol. The predicted octanol–water partition coefficient (Wildman–Crippen LogP) is 5.01. The van der Waals surface area contributed by atoms with Crippen molar-refractivity contribution in [2.24, 2.45) is 5.92 Å². The van der Waals surface area contributed by atoms with Gasteiger partial charge < -0.3 is 40.6 Å². The molecule has 2 aromatic heterocycles. The number of pyridine rings is 1. The normalized spacial score (nSPS) is 18.7. The number of piperidine rings is 3. The third kappa shape index (κ3) is 9.70. The molecule has 3 aliphatic rings. The van der Waals surface area contributed by atoms with Crippen molar-refractivity contribution in [1.82, 2.24) is 30.8 Å². The van der Waals surface area contributed by atoms with Crippen molar-refractivity contribution < 1.29 is 29.3 Å². The van der Waals surface area contributed by atoms with E-state index in [-0.39, 0.29) is 36.5 Å². The zero-order valence-electron chi connectivity index (χ0n) is 30.4. The number of hydrogen-bond donors (Lipinski definition) is 6. The molecular weight excluding hydrogens is 721 g/mol. The fraction of sp³-hybridized carbons (Fsp3) is 0.366. The molecule has 0 saturated carbocycles. The summed E-state index contributed by atoms with van der Waals surface area (Å²) in [6.45, 7) is 4.51. The quantitative estimate of drug-likeness (QED) is 0.0749. The molecule has 0 radical (unpaired) electrons. The van der Waals surface area contributed by atoms with E-state index in [2.05, 4.69) is 30.8 Å². The number of aromatic nitrogens is 2. The highest BCUT2D eigenvalue weighted by molar-refractivity contribution is 7.09. The Morgan fingerprint density at radius 2 is 1.78 bits per heavy atom. The van der Waals surface area contributed by atoms with Crippen LogP contribution in [0.1, 0.15) is 70.0 Å². The number of aliphatic hydroxyl groups excluding tert-OH is 1. The lowest BCUT2D eigenvalue weighted by Crippen LogP contribution is -2.52. The molecule has 3 unspecified atom stereocenters. The Morgan fingerprint density at radius 1 is 0.982 bits per heavy atom. The molecule has 2 amide bonds. The van der Waals surface area contributed by atoms with Gasteiger partial charge in [0.15, 0.2) is 0 Å². The lowest BCUT2D eigenvalue weighted by molar-refractivity contribution is -0.0336. The summed E-state index contributed by atoms with van der Waals surface area (Å²) in [7, 11) is 0. The number of thiazole rings is 1. The first-order valence-electron chi connectivity index (χ1n) is 18.7. The summed E-state index contributed by atoms with van der Waals surface area (Å²) in [6, 6.07) is 23.0. The number of alkyl carbamates (subject to hydrolysis) is 1. The van der Waals surface area contributed by atoms with Gasteiger partial charge in [0.05, 0.1) is 17.7 Å². The smallest absolute Gasteiger partial charge is 0.408 e. The molecule has 5 aromatic rings. The number of unbranched alkanes of at least 4 members (excludes halogenated alkanes) is 1. The number of aliphatic hydroxyl groups is 1. The van der Waals surface area contributed by atoms with E-state index in [9.17, 15) is 24.6 Å².